The molecule has 0 saturated carbocycles. The molecule has 0 bridgehead atoms. The minimum absolute atomic E-state index is 0.279. The van der Waals surface area contributed by atoms with Crippen molar-refractivity contribution in [3.05, 3.63) is 64.9 Å². The first kappa shape index (κ1) is 13.1. The summed E-state index contributed by atoms with van der Waals surface area (Å²) in [5.74, 6) is 0.357. The van der Waals surface area contributed by atoms with Crippen molar-refractivity contribution < 1.29 is 8.81 Å². The Morgan fingerprint density at radius 3 is 2.90 bits per heavy atom. The Morgan fingerprint density at radius 2 is 2.15 bits per heavy atom. The van der Waals surface area contributed by atoms with Crippen LogP contribution in [0.2, 0.25) is 5.02 Å². The number of aromatic nitrogens is 1. The lowest BCUT2D eigenvalue weighted by molar-refractivity contribution is 0.486. The number of benzene rings is 1. The largest absolute Gasteiger partial charge is 0.459 e. The summed E-state index contributed by atoms with van der Waals surface area (Å²) in [7, 11) is 1.80. The molecule has 0 saturated heterocycles. The lowest BCUT2D eigenvalue weighted by Gasteiger charge is -2.13. The van der Waals surface area contributed by atoms with Gasteiger partial charge in [-0.05, 0) is 43.4 Å². The molecule has 0 aliphatic rings. The Bertz CT molecular complexity index is 756. The molecule has 1 aromatic carbocycles. The van der Waals surface area contributed by atoms with Crippen LogP contribution in [0.3, 0.4) is 0 Å². The zero-order chi connectivity index (χ0) is 14.1. The maximum Gasteiger partial charge on any atom is 0.134 e. The predicted octanol–water partition coefficient (Wildman–Crippen LogP) is 3.93. The van der Waals surface area contributed by atoms with E-state index in [0.717, 1.165) is 0 Å². The van der Waals surface area contributed by atoms with Gasteiger partial charge < -0.3 is 9.73 Å². The Labute approximate surface area is 120 Å². The number of nitrogens with zero attached hydrogens (tertiary/aromatic N) is 1. The van der Waals surface area contributed by atoms with Gasteiger partial charge in [0.1, 0.15) is 23.2 Å². The molecule has 0 amide bonds. The minimum atomic E-state index is -0.290. The third-order valence-electron chi connectivity index (χ3n) is 3.13. The molecule has 3 nitrogen and oxygen atoms in total. The van der Waals surface area contributed by atoms with Gasteiger partial charge in [0.25, 0.3) is 0 Å². The number of hydrogen-bond donors (Lipinski definition) is 1. The minimum Gasteiger partial charge on any atom is -0.459 e. The van der Waals surface area contributed by atoms with E-state index in [1.165, 1.54) is 12.1 Å². The third-order valence-corrected chi connectivity index (χ3v) is 3.45. The highest BCUT2D eigenvalue weighted by atomic mass is 35.5. The van der Waals surface area contributed by atoms with Crippen molar-refractivity contribution in [2.45, 2.75) is 6.04 Å². The van der Waals surface area contributed by atoms with Crippen LogP contribution in [0.1, 0.15) is 17.5 Å². The van der Waals surface area contributed by atoms with E-state index in [4.69, 9.17) is 16.0 Å². The van der Waals surface area contributed by atoms with E-state index in [1.54, 1.807) is 37.5 Å². The fourth-order valence-corrected chi connectivity index (χ4v) is 2.43. The van der Waals surface area contributed by atoms with Crippen LogP contribution in [0.15, 0.2) is 47.0 Å². The maximum absolute atomic E-state index is 13.2. The molecule has 3 rings (SSSR count). The van der Waals surface area contributed by atoms with Gasteiger partial charge in [-0.25, -0.2) is 4.39 Å². The highest BCUT2D eigenvalue weighted by Gasteiger charge is 2.20. The van der Waals surface area contributed by atoms with Crippen molar-refractivity contribution >= 4 is 22.6 Å². The summed E-state index contributed by atoms with van der Waals surface area (Å²) in [5.41, 5.74) is 1.31. The molecule has 102 valence electrons. The zero-order valence-corrected chi connectivity index (χ0v) is 11.5. The van der Waals surface area contributed by atoms with E-state index >= 15 is 0 Å². The number of pyridine rings is 1. The van der Waals surface area contributed by atoms with Crippen LogP contribution in [0.5, 0.6) is 0 Å². The Balaban J connectivity index is 2.10. The summed E-state index contributed by atoms with van der Waals surface area (Å²) < 4.78 is 19.0. The third kappa shape index (κ3) is 2.28. The van der Waals surface area contributed by atoms with Crippen molar-refractivity contribution in [3.8, 4) is 0 Å². The first-order chi connectivity index (χ1) is 9.69. The predicted molar refractivity (Wildman–Crippen MR) is 76.3 cm³/mol. The van der Waals surface area contributed by atoms with Gasteiger partial charge in [0.15, 0.2) is 0 Å². The Kier molecular flexibility index (Phi) is 3.42. The normalized spacial score (nSPS) is 12.8. The molecular weight excluding hydrogens is 279 g/mol. The molecule has 0 aliphatic carbocycles. The number of furan rings is 1. The van der Waals surface area contributed by atoms with E-state index < -0.39 is 0 Å². The molecule has 3 aromatic rings. The van der Waals surface area contributed by atoms with Crippen LogP contribution in [0.25, 0.3) is 11.0 Å². The summed E-state index contributed by atoms with van der Waals surface area (Å²) in [6.45, 7) is 0. The fourth-order valence-electron chi connectivity index (χ4n) is 2.20. The molecule has 1 unspecified atom stereocenters. The number of halogens is 2. The number of nitrogens with one attached hydrogen (secondary N) is 1. The second-order valence-electron chi connectivity index (χ2n) is 4.42. The smallest absolute Gasteiger partial charge is 0.134 e. The summed E-state index contributed by atoms with van der Waals surface area (Å²) >= 11 is 6.17. The molecule has 2 heterocycles. The highest BCUT2D eigenvalue weighted by molar-refractivity contribution is 6.31. The van der Waals surface area contributed by atoms with E-state index in [-0.39, 0.29) is 11.9 Å². The van der Waals surface area contributed by atoms with Crippen molar-refractivity contribution in [1.29, 1.82) is 0 Å². The quantitative estimate of drug-likeness (QED) is 0.794. The maximum atomic E-state index is 13.2. The lowest BCUT2D eigenvalue weighted by Crippen LogP contribution is -2.18. The molecule has 1 N–H and O–H groups in total. The average Bonchev–Trinajstić information content (AvgIpc) is 2.84. The molecule has 20 heavy (non-hydrogen) atoms. The van der Waals surface area contributed by atoms with Crippen LogP contribution in [0.4, 0.5) is 4.39 Å². The first-order valence-corrected chi connectivity index (χ1v) is 6.53. The second kappa shape index (κ2) is 5.23. The van der Waals surface area contributed by atoms with Gasteiger partial charge in [0, 0.05) is 11.6 Å². The molecule has 0 radical (unpaired) electrons. The topological polar surface area (TPSA) is 38.1 Å². The van der Waals surface area contributed by atoms with Crippen LogP contribution in [0, 0.1) is 5.82 Å². The summed E-state index contributed by atoms with van der Waals surface area (Å²) in [5, 5.41) is 4.39. The number of rotatable bonds is 3. The van der Waals surface area contributed by atoms with Crippen LogP contribution in [-0.2, 0) is 0 Å². The van der Waals surface area contributed by atoms with Gasteiger partial charge in [0.2, 0.25) is 0 Å². The van der Waals surface area contributed by atoms with Crippen molar-refractivity contribution in [3.63, 3.8) is 0 Å². The van der Waals surface area contributed by atoms with Crippen LogP contribution in [-0.4, -0.2) is 12.0 Å². The summed E-state index contributed by atoms with van der Waals surface area (Å²) in [6, 6.07) is 9.49. The second-order valence-corrected chi connectivity index (χ2v) is 4.83. The van der Waals surface area contributed by atoms with E-state index in [0.29, 0.717) is 27.4 Å². The van der Waals surface area contributed by atoms with Gasteiger partial charge in [-0.1, -0.05) is 11.6 Å². The van der Waals surface area contributed by atoms with Crippen molar-refractivity contribution in [2.75, 3.05) is 7.05 Å². The van der Waals surface area contributed by atoms with Crippen molar-refractivity contribution in [2.24, 2.45) is 0 Å². The Morgan fingerprint density at radius 1 is 1.30 bits per heavy atom. The van der Waals surface area contributed by atoms with Gasteiger partial charge in [-0.2, -0.15) is 0 Å². The van der Waals surface area contributed by atoms with Gasteiger partial charge in [-0.3, -0.25) is 4.98 Å². The zero-order valence-electron chi connectivity index (χ0n) is 10.7. The van der Waals surface area contributed by atoms with Gasteiger partial charge in [-0.15, -0.1) is 0 Å². The van der Waals surface area contributed by atoms with Crippen LogP contribution < -0.4 is 5.32 Å². The number of fused-ring (bicyclic) bond motifs is 1. The average molecular weight is 291 g/mol. The molecule has 0 spiro atoms. The molecule has 0 fully saturated rings. The standard InChI is InChI=1S/C15H12ClFN2O/c1-18-15(14-11(16)3-2-6-19-14)13-8-9-7-10(17)4-5-12(9)20-13/h2-8,15,18H,1H3. The number of hydrogen-bond acceptors (Lipinski definition) is 3. The van der Waals surface area contributed by atoms with Gasteiger partial charge >= 0.3 is 0 Å². The summed E-state index contributed by atoms with van der Waals surface area (Å²) in [6.07, 6.45) is 1.67. The Hall–Kier alpha value is -1.91. The van der Waals surface area contributed by atoms with E-state index in [2.05, 4.69) is 10.3 Å². The SMILES string of the molecule is CNC(c1cc2cc(F)ccc2o1)c1ncccc1Cl. The van der Waals surface area contributed by atoms with E-state index in [9.17, 15) is 4.39 Å². The van der Waals surface area contributed by atoms with Crippen LogP contribution >= 0.6 is 11.6 Å². The molecule has 2 aromatic heterocycles. The highest BCUT2D eigenvalue weighted by Crippen LogP contribution is 2.30. The monoisotopic (exact) mass is 290 g/mol. The van der Waals surface area contributed by atoms with Crippen molar-refractivity contribution in [1.82, 2.24) is 10.3 Å². The van der Waals surface area contributed by atoms with E-state index in [1.807, 2.05) is 0 Å². The summed E-state index contributed by atoms with van der Waals surface area (Å²) in [4.78, 5) is 4.29. The molecule has 5 heteroatoms. The fraction of sp³-hybridized carbons (Fsp3) is 0.133. The molecule has 1 atom stereocenters. The lowest BCUT2D eigenvalue weighted by atomic mass is 10.1. The van der Waals surface area contributed by atoms with Gasteiger partial charge in [0.05, 0.1) is 10.7 Å². The first-order valence-electron chi connectivity index (χ1n) is 6.15. The molecule has 0 aliphatic heterocycles. The molecular formula is C15H12ClFN2O.